The molecule has 1 amide bonds. The molecule has 0 N–H and O–H groups in total. The fourth-order valence-electron chi connectivity index (χ4n) is 2.94. The Morgan fingerprint density at radius 2 is 2.08 bits per heavy atom. The normalized spacial score (nSPS) is 14.7. The number of anilines is 1. The third kappa shape index (κ3) is 3.36. The molecule has 1 unspecified atom stereocenters. The molecule has 1 heterocycles. The molecule has 0 spiro atoms. The van der Waals surface area contributed by atoms with Gasteiger partial charge in [-0.15, -0.1) is 0 Å². The Hall–Kier alpha value is -2.14. The molecule has 0 radical (unpaired) electrons. The SMILES string of the molecule is CC(Oc1ccc(Br)cc1C=O)C(=O)N1CCCc2ccccc21. The minimum Gasteiger partial charge on any atom is -0.480 e. The number of aryl methyl sites for hydroxylation is 1. The molecule has 5 heteroatoms. The highest BCUT2D eigenvalue weighted by atomic mass is 79.9. The number of aldehydes is 1. The van der Waals surface area contributed by atoms with Crippen molar-refractivity contribution in [3.63, 3.8) is 0 Å². The Labute approximate surface area is 149 Å². The Kier molecular flexibility index (Phi) is 5.00. The second-order valence-electron chi connectivity index (χ2n) is 5.78. The third-order valence-electron chi connectivity index (χ3n) is 4.13. The minimum atomic E-state index is -0.670. The molecule has 0 aliphatic carbocycles. The summed E-state index contributed by atoms with van der Waals surface area (Å²) in [5.74, 6) is 0.321. The van der Waals surface area contributed by atoms with E-state index >= 15 is 0 Å². The summed E-state index contributed by atoms with van der Waals surface area (Å²) < 4.78 is 6.57. The van der Waals surface area contributed by atoms with Gasteiger partial charge in [0.15, 0.2) is 12.4 Å². The van der Waals surface area contributed by atoms with Crippen LogP contribution in [0.15, 0.2) is 46.9 Å². The highest BCUT2D eigenvalue weighted by molar-refractivity contribution is 9.10. The summed E-state index contributed by atoms with van der Waals surface area (Å²) in [5, 5.41) is 0. The van der Waals surface area contributed by atoms with Crippen LogP contribution in [0, 0.1) is 0 Å². The van der Waals surface area contributed by atoms with Gasteiger partial charge in [0.1, 0.15) is 5.75 Å². The maximum Gasteiger partial charge on any atom is 0.267 e. The summed E-state index contributed by atoms with van der Waals surface area (Å²) in [6, 6.07) is 13.1. The van der Waals surface area contributed by atoms with Crippen LogP contribution in [0.2, 0.25) is 0 Å². The van der Waals surface area contributed by atoms with Crippen molar-refractivity contribution in [3.05, 3.63) is 58.1 Å². The number of rotatable bonds is 4. The first-order chi connectivity index (χ1) is 11.6. The molecule has 1 atom stereocenters. The van der Waals surface area contributed by atoms with Crippen molar-refractivity contribution in [3.8, 4) is 5.75 Å². The molecule has 2 aromatic carbocycles. The molecule has 4 nitrogen and oxygen atoms in total. The number of fused-ring (bicyclic) bond motifs is 1. The van der Waals surface area contributed by atoms with Crippen molar-refractivity contribution < 1.29 is 14.3 Å². The number of carbonyl (C=O) groups is 2. The largest absolute Gasteiger partial charge is 0.480 e. The zero-order chi connectivity index (χ0) is 17.1. The van der Waals surface area contributed by atoms with Crippen LogP contribution in [0.4, 0.5) is 5.69 Å². The first-order valence-electron chi connectivity index (χ1n) is 7.91. The van der Waals surface area contributed by atoms with E-state index in [1.807, 2.05) is 18.2 Å². The van der Waals surface area contributed by atoms with Crippen LogP contribution in [-0.4, -0.2) is 24.8 Å². The van der Waals surface area contributed by atoms with E-state index in [4.69, 9.17) is 4.74 Å². The van der Waals surface area contributed by atoms with E-state index in [-0.39, 0.29) is 5.91 Å². The second kappa shape index (κ2) is 7.18. The molecule has 24 heavy (non-hydrogen) atoms. The average Bonchev–Trinajstić information content (AvgIpc) is 2.62. The van der Waals surface area contributed by atoms with Crippen molar-refractivity contribution in [2.24, 2.45) is 0 Å². The fraction of sp³-hybridized carbons (Fsp3) is 0.263. The number of hydrogen-bond acceptors (Lipinski definition) is 3. The molecule has 1 aliphatic rings. The van der Waals surface area contributed by atoms with Crippen molar-refractivity contribution in [2.45, 2.75) is 25.9 Å². The lowest BCUT2D eigenvalue weighted by Crippen LogP contribution is -2.43. The first-order valence-corrected chi connectivity index (χ1v) is 8.70. The van der Waals surface area contributed by atoms with Gasteiger partial charge in [-0.25, -0.2) is 0 Å². The summed E-state index contributed by atoms with van der Waals surface area (Å²) in [7, 11) is 0. The number of hydrogen-bond donors (Lipinski definition) is 0. The maximum atomic E-state index is 12.8. The summed E-state index contributed by atoms with van der Waals surface area (Å²) >= 11 is 3.32. The van der Waals surface area contributed by atoms with E-state index in [2.05, 4.69) is 22.0 Å². The maximum absolute atomic E-state index is 12.8. The number of nitrogens with zero attached hydrogens (tertiary/aromatic N) is 1. The molecule has 0 saturated carbocycles. The lowest BCUT2D eigenvalue weighted by atomic mass is 10.0. The summed E-state index contributed by atoms with van der Waals surface area (Å²) in [4.78, 5) is 25.8. The number of ether oxygens (including phenoxy) is 1. The van der Waals surface area contributed by atoms with Gasteiger partial charge >= 0.3 is 0 Å². The molecule has 124 valence electrons. The monoisotopic (exact) mass is 387 g/mol. The van der Waals surface area contributed by atoms with E-state index in [1.54, 1.807) is 30.0 Å². The fourth-order valence-corrected chi connectivity index (χ4v) is 3.32. The number of benzene rings is 2. The molecule has 1 aliphatic heterocycles. The Morgan fingerprint density at radius 3 is 2.88 bits per heavy atom. The van der Waals surface area contributed by atoms with E-state index in [1.165, 1.54) is 5.56 Å². The Balaban J connectivity index is 1.80. The molecule has 2 aromatic rings. The number of amides is 1. The number of para-hydroxylation sites is 1. The summed E-state index contributed by atoms with van der Waals surface area (Å²) in [6.45, 7) is 2.40. The quantitative estimate of drug-likeness (QED) is 0.744. The molecule has 3 rings (SSSR count). The predicted molar refractivity (Wildman–Crippen MR) is 96.7 cm³/mol. The third-order valence-corrected chi connectivity index (χ3v) is 4.62. The highest BCUT2D eigenvalue weighted by Gasteiger charge is 2.27. The van der Waals surface area contributed by atoms with Gasteiger partial charge in [-0.2, -0.15) is 0 Å². The van der Waals surface area contributed by atoms with Gasteiger partial charge in [0.25, 0.3) is 5.91 Å². The van der Waals surface area contributed by atoms with Crippen molar-refractivity contribution >= 4 is 33.8 Å². The molecular weight excluding hydrogens is 370 g/mol. The zero-order valence-electron chi connectivity index (χ0n) is 13.4. The Morgan fingerprint density at radius 1 is 1.29 bits per heavy atom. The van der Waals surface area contributed by atoms with E-state index < -0.39 is 6.10 Å². The number of carbonyl (C=O) groups excluding carboxylic acids is 2. The van der Waals surface area contributed by atoms with Crippen LogP contribution in [0.3, 0.4) is 0 Å². The summed E-state index contributed by atoms with van der Waals surface area (Å²) in [6.07, 6.45) is 1.98. The van der Waals surface area contributed by atoms with Crippen molar-refractivity contribution in [2.75, 3.05) is 11.4 Å². The summed E-state index contributed by atoms with van der Waals surface area (Å²) in [5.41, 5.74) is 2.56. The van der Waals surface area contributed by atoms with Crippen molar-refractivity contribution in [1.82, 2.24) is 0 Å². The molecule has 0 bridgehead atoms. The van der Waals surface area contributed by atoms with Gasteiger partial charge in [-0.3, -0.25) is 9.59 Å². The topological polar surface area (TPSA) is 46.6 Å². The van der Waals surface area contributed by atoms with Crippen LogP contribution in [0.1, 0.15) is 29.3 Å². The zero-order valence-corrected chi connectivity index (χ0v) is 15.0. The van der Waals surface area contributed by atoms with E-state index in [0.717, 1.165) is 29.3 Å². The van der Waals surface area contributed by atoms with Crippen LogP contribution in [-0.2, 0) is 11.2 Å². The van der Waals surface area contributed by atoms with Crippen LogP contribution < -0.4 is 9.64 Å². The molecule has 0 fully saturated rings. The number of halogens is 1. The van der Waals surface area contributed by atoms with Gasteiger partial charge in [0.05, 0.1) is 5.56 Å². The van der Waals surface area contributed by atoms with Crippen LogP contribution in [0.5, 0.6) is 5.75 Å². The van der Waals surface area contributed by atoms with Gasteiger partial charge in [-0.05, 0) is 49.6 Å². The van der Waals surface area contributed by atoms with Crippen molar-refractivity contribution in [1.29, 1.82) is 0 Å². The standard InChI is InChI=1S/C19H18BrNO3/c1-13(24-18-9-8-16(20)11-15(18)12-22)19(23)21-10-4-6-14-5-2-3-7-17(14)21/h2-3,5,7-9,11-13H,4,6,10H2,1H3. The second-order valence-corrected chi connectivity index (χ2v) is 6.70. The minimum absolute atomic E-state index is 0.0954. The predicted octanol–water partition coefficient (Wildman–Crippen LogP) is 4.01. The van der Waals surface area contributed by atoms with E-state index in [9.17, 15) is 9.59 Å². The van der Waals surface area contributed by atoms with Crippen LogP contribution in [0.25, 0.3) is 0 Å². The lowest BCUT2D eigenvalue weighted by Gasteiger charge is -2.31. The molecular formula is C19H18BrNO3. The Bertz CT molecular complexity index is 775. The average molecular weight is 388 g/mol. The molecule has 0 saturated heterocycles. The molecule has 0 aromatic heterocycles. The van der Waals surface area contributed by atoms with Gasteiger partial charge in [0.2, 0.25) is 0 Å². The first kappa shape index (κ1) is 16.7. The lowest BCUT2D eigenvalue weighted by molar-refractivity contribution is -0.124. The van der Waals surface area contributed by atoms with Gasteiger partial charge in [0, 0.05) is 16.7 Å². The smallest absolute Gasteiger partial charge is 0.267 e. The van der Waals surface area contributed by atoms with Gasteiger partial charge in [-0.1, -0.05) is 34.1 Å². The van der Waals surface area contributed by atoms with Crippen LogP contribution >= 0.6 is 15.9 Å². The van der Waals surface area contributed by atoms with E-state index in [0.29, 0.717) is 17.9 Å². The highest BCUT2D eigenvalue weighted by Crippen LogP contribution is 2.28. The van der Waals surface area contributed by atoms with Gasteiger partial charge < -0.3 is 9.64 Å².